The molecule has 2 aliphatic rings. The van der Waals surface area contributed by atoms with Crippen LogP contribution < -0.4 is 10.6 Å². The fourth-order valence-electron chi connectivity index (χ4n) is 3.21. The van der Waals surface area contributed by atoms with Gasteiger partial charge in [0, 0.05) is 45.3 Å². The number of carbonyl (C=O) groups is 1. The summed E-state index contributed by atoms with van der Waals surface area (Å²) < 4.78 is 28.0. The van der Waals surface area contributed by atoms with E-state index in [9.17, 15) is 13.2 Å². The summed E-state index contributed by atoms with van der Waals surface area (Å²) in [4.78, 5) is 20.3. The summed E-state index contributed by atoms with van der Waals surface area (Å²) >= 11 is 0. The van der Waals surface area contributed by atoms with E-state index in [2.05, 4.69) is 20.5 Å². The summed E-state index contributed by atoms with van der Waals surface area (Å²) in [5.74, 6) is 1.26. The molecule has 2 heterocycles. The number of hydrogen-bond donors (Lipinski definition) is 2. The molecule has 10 heteroatoms. The lowest BCUT2D eigenvalue weighted by molar-refractivity contribution is 0.0963. The Labute approximate surface area is 162 Å². The molecule has 9 nitrogen and oxygen atoms in total. The summed E-state index contributed by atoms with van der Waals surface area (Å²) in [7, 11) is -2.84. The van der Waals surface area contributed by atoms with E-state index in [-0.39, 0.29) is 23.6 Å². The standard InChI is InChI=1S/C17H33N5O4S/c1-3-18-16(19-7-10-21-11-13-27(24,25)14-12-21)20-15-5-8-22(9-6-15)17(23)26-4-2/h15H,3-14H2,1-2H3,(H2,18,19,20). The monoisotopic (exact) mass is 403 g/mol. The van der Waals surface area contributed by atoms with Crippen LogP contribution in [0.4, 0.5) is 4.79 Å². The Kier molecular flexibility index (Phi) is 8.62. The summed E-state index contributed by atoms with van der Waals surface area (Å²) in [5.41, 5.74) is 0. The lowest BCUT2D eigenvalue weighted by Gasteiger charge is -2.32. The van der Waals surface area contributed by atoms with E-state index < -0.39 is 9.84 Å². The van der Waals surface area contributed by atoms with E-state index in [1.165, 1.54) is 0 Å². The minimum Gasteiger partial charge on any atom is -0.450 e. The van der Waals surface area contributed by atoms with Crippen molar-refractivity contribution in [1.29, 1.82) is 0 Å². The van der Waals surface area contributed by atoms with Crippen molar-refractivity contribution < 1.29 is 17.9 Å². The quantitative estimate of drug-likeness (QED) is 0.471. The molecule has 0 aromatic heterocycles. The van der Waals surface area contributed by atoms with Crippen molar-refractivity contribution in [3.8, 4) is 0 Å². The van der Waals surface area contributed by atoms with Crippen LogP contribution in [0.5, 0.6) is 0 Å². The molecule has 0 unspecified atom stereocenters. The van der Waals surface area contributed by atoms with Gasteiger partial charge in [0.2, 0.25) is 0 Å². The van der Waals surface area contributed by atoms with Gasteiger partial charge in [0.25, 0.3) is 0 Å². The van der Waals surface area contributed by atoms with Crippen molar-refractivity contribution in [2.24, 2.45) is 4.99 Å². The molecule has 2 aliphatic heterocycles. The zero-order valence-electron chi connectivity index (χ0n) is 16.4. The first-order valence-electron chi connectivity index (χ1n) is 9.83. The van der Waals surface area contributed by atoms with E-state index in [1.807, 2.05) is 13.8 Å². The lowest BCUT2D eigenvalue weighted by Crippen LogP contribution is -2.50. The molecule has 0 atom stereocenters. The maximum Gasteiger partial charge on any atom is 0.409 e. The van der Waals surface area contributed by atoms with E-state index in [0.29, 0.717) is 39.3 Å². The number of nitrogens with one attached hydrogen (secondary N) is 2. The first-order chi connectivity index (χ1) is 12.9. The molecular formula is C17H33N5O4S. The topological polar surface area (TPSA) is 103 Å². The number of piperidine rings is 1. The van der Waals surface area contributed by atoms with E-state index in [0.717, 1.165) is 31.9 Å². The Balaban J connectivity index is 1.75. The van der Waals surface area contributed by atoms with Gasteiger partial charge in [0.1, 0.15) is 0 Å². The number of guanidine groups is 1. The lowest BCUT2D eigenvalue weighted by atomic mass is 10.1. The number of aliphatic imine (C=N–C) groups is 1. The maximum atomic E-state index is 11.8. The SMILES string of the molecule is CCNC(=NCCN1CCS(=O)(=O)CC1)NC1CCN(C(=O)OCC)CC1. The largest absolute Gasteiger partial charge is 0.450 e. The van der Waals surface area contributed by atoms with Gasteiger partial charge in [0.05, 0.1) is 24.7 Å². The van der Waals surface area contributed by atoms with E-state index in [1.54, 1.807) is 4.90 Å². The van der Waals surface area contributed by atoms with Gasteiger partial charge in [-0.05, 0) is 26.7 Å². The van der Waals surface area contributed by atoms with Gasteiger partial charge in [-0.2, -0.15) is 0 Å². The van der Waals surface area contributed by atoms with Crippen LogP contribution in [0.1, 0.15) is 26.7 Å². The van der Waals surface area contributed by atoms with Crippen LogP contribution in [0.2, 0.25) is 0 Å². The van der Waals surface area contributed by atoms with Gasteiger partial charge in [-0.1, -0.05) is 0 Å². The van der Waals surface area contributed by atoms with Crippen molar-refractivity contribution in [3.63, 3.8) is 0 Å². The Morgan fingerprint density at radius 3 is 2.41 bits per heavy atom. The predicted molar refractivity (Wildman–Crippen MR) is 106 cm³/mol. The molecule has 0 radical (unpaired) electrons. The number of sulfone groups is 1. The Morgan fingerprint density at radius 1 is 1.15 bits per heavy atom. The van der Waals surface area contributed by atoms with Crippen molar-refractivity contribution in [1.82, 2.24) is 20.4 Å². The molecule has 2 fully saturated rings. The minimum absolute atomic E-state index is 0.236. The molecule has 0 aromatic carbocycles. The molecule has 0 bridgehead atoms. The van der Waals surface area contributed by atoms with E-state index in [4.69, 9.17) is 4.74 Å². The zero-order valence-corrected chi connectivity index (χ0v) is 17.3. The summed E-state index contributed by atoms with van der Waals surface area (Å²) in [5, 5.41) is 6.70. The Hall–Kier alpha value is -1.55. The van der Waals surface area contributed by atoms with Crippen LogP contribution in [0.3, 0.4) is 0 Å². The average molecular weight is 404 g/mol. The smallest absolute Gasteiger partial charge is 0.409 e. The number of likely N-dealkylation sites (tertiary alicyclic amines) is 1. The second-order valence-electron chi connectivity index (χ2n) is 6.86. The number of carbonyl (C=O) groups excluding carboxylic acids is 1. The van der Waals surface area contributed by atoms with Gasteiger partial charge in [-0.15, -0.1) is 0 Å². The molecule has 0 aromatic rings. The molecule has 2 saturated heterocycles. The van der Waals surface area contributed by atoms with Gasteiger partial charge in [-0.25, -0.2) is 13.2 Å². The van der Waals surface area contributed by atoms with Crippen molar-refractivity contribution in [3.05, 3.63) is 0 Å². The third kappa shape index (κ3) is 7.53. The normalized spacial score (nSPS) is 21.7. The van der Waals surface area contributed by atoms with Crippen LogP contribution in [-0.2, 0) is 14.6 Å². The van der Waals surface area contributed by atoms with Gasteiger partial charge < -0.3 is 20.3 Å². The third-order valence-corrected chi connectivity index (χ3v) is 6.44. The number of ether oxygens (including phenoxy) is 1. The Bertz CT molecular complexity index is 588. The highest BCUT2D eigenvalue weighted by molar-refractivity contribution is 7.91. The average Bonchev–Trinajstić information content (AvgIpc) is 2.64. The molecule has 2 N–H and O–H groups in total. The number of nitrogens with zero attached hydrogens (tertiary/aromatic N) is 3. The van der Waals surface area contributed by atoms with E-state index >= 15 is 0 Å². The fourth-order valence-corrected chi connectivity index (χ4v) is 4.49. The number of rotatable bonds is 6. The fraction of sp³-hybridized carbons (Fsp3) is 0.882. The molecule has 27 heavy (non-hydrogen) atoms. The van der Waals surface area contributed by atoms with Crippen molar-refractivity contribution in [2.45, 2.75) is 32.7 Å². The zero-order chi connectivity index (χ0) is 19.7. The van der Waals surface area contributed by atoms with Crippen molar-refractivity contribution >= 4 is 21.9 Å². The minimum atomic E-state index is -2.84. The summed E-state index contributed by atoms with van der Waals surface area (Å²) in [6.07, 6.45) is 1.47. The second kappa shape index (κ2) is 10.7. The van der Waals surface area contributed by atoms with Crippen LogP contribution >= 0.6 is 0 Å². The molecule has 0 aliphatic carbocycles. The molecule has 0 spiro atoms. The summed E-state index contributed by atoms with van der Waals surface area (Å²) in [6, 6.07) is 0.272. The first-order valence-corrected chi connectivity index (χ1v) is 11.6. The molecule has 156 valence electrons. The Morgan fingerprint density at radius 2 is 1.81 bits per heavy atom. The highest BCUT2D eigenvalue weighted by Gasteiger charge is 2.24. The van der Waals surface area contributed by atoms with Gasteiger partial charge >= 0.3 is 6.09 Å². The number of hydrogen-bond acceptors (Lipinski definition) is 6. The molecule has 0 saturated carbocycles. The van der Waals surface area contributed by atoms with Gasteiger partial charge in [-0.3, -0.25) is 9.89 Å². The highest BCUT2D eigenvalue weighted by Crippen LogP contribution is 2.11. The molecule has 1 amide bonds. The second-order valence-corrected chi connectivity index (χ2v) is 9.16. The maximum absolute atomic E-state index is 11.8. The first kappa shape index (κ1) is 21.7. The van der Waals surface area contributed by atoms with Crippen LogP contribution in [-0.4, -0.2) is 100 Å². The number of amides is 1. The van der Waals surface area contributed by atoms with Gasteiger partial charge in [0.15, 0.2) is 15.8 Å². The van der Waals surface area contributed by atoms with Crippen LogP contribution in [0.25, 0.3) is 0 Å². The van der Waals surface area contributed by atoms with Crippen LogP contribution in [0.15, 0.2) is 4.99 Å². The predicted octanol–water partition coefficient (Wildman–Crippen LogP) is -0.107. The molecule has 2 rings (SSSR count). The molecular weight excluding hydrogens is 370 g/mol. The summed E-state index contributed by atoms with van der Waals surface area (Å²) in [6.45, 7) is 8.93. The third-order valence-electron chi connectivity index (χ3n) is 4.83. The highest BCUT2D eigenvalue weighted by atomic mass is 32.2. The van der Waals surface area contributed by atoms with Crippen molar-refractivity contribution in [2.75, 3.05) is 63.9 Å². The van der Waals surface area contributed by atoms with Crippen LogP contribution in [0, 0.1) is 0 Å².